The molecule has 0 fully saturated rings. The molecule has 1 aromatic rings. The third-order valence-corrected chi connectivity index (χ3v) is 5.69. The van der Waals surface area contributed by atoms with E-state index in [0.717, 1.165) is 6.07 Å². The number of anilines is 1. The summed E-state index contributed by atoms with van der Waals surface area (Å²) >= 11 is 0. The number of nitro benzene ring substituents is 1. The van der Waals surface area contributed by atoms with Crippen LogP contribution in [-0.2, 0) is 24.0 Å². The summed E-state index contributed by atoms with van der Waals surface area (Å²) in [7, 11) is 0. The molecule has 1 aromatic carbocycles. The Morgan fingerprint density at radius 1 is 1.03 bits per heavy atom. The Hall–Kier alpha value is -4.83. The van der Waals surface area contributed by atoms with Gasteiger partial charge < -0.3 is 37.2 Å². The van der Waals surface area contributed by atoms with Crippen LogP contribution in [0.2, 0.25) is 0 Å². The number of hydrogen-bond acceptors (Lipinski definition) is 9. The number of carbonyl (C=O) groups is 6. The van der Waals surface area contributed by atoms with E-state index in [-0.39, 0.29) is 25.8 Å². The quantitative estimate of drug-likeness (QED) is 0.162. The highest BCUT2D eigenvalue weighted by Gasteiger charge is 2.32. The standard InChI is InChI=1S/C22H27FN6O10/c23-12-8-10(29(38)39)7-11-18(12)25-6-2-1-3-13(19(24)34)26-21(36)14(4-5-16(30)31)27-22(37)15(9-17(32)33)28-20(11)35/h7-8,13-15,25H,1-6,9H2,(H2,24,34)(H,26,36)(H,27,37)(H,28,35)(H,30,31)(H,32,33)/t13-,14-,15-/m0/s1. The molecular weight excluding hydrogens is 527 g/mol. The maximum atomic E-state index is 14.8. The van der Waals surface area contributed by atoms with Gasteiger partial charge in [0.05, 0.1) is 28.7 Å². The predicted octanol–water partition coefficient (Wildman–Crippen LogP) is -0.777. The number of nitrogens with one attached hydrogen (secondary N) is 4. The fraction of sp³-hybridized carbons (Fsp3) is 0.455. The number of fused-ring (bicyclic) bond motifs is 1. The number of aliphatic carboxylic acids is 2. The van der Waals surface area contributed by atoms with Crippen LogP contribution in [-0.4, -0.2) is 75.4 Å². The Balaban J connectivity index is 2.53. The van der Waals surface area contributed by atoms with E-state index in [2.05, 4.69) is 21.3 Å². The van der Waals surface area contributed by atoms with Crippen LogP contribution in [0.15, 0.2) is 12.1 Å². The zero-order valence-corrected chi connectivity index (χ0v) is 20.4. The van der Waals surface area contributed by atoms with Crippen LogP contribution in [0.25, 0.3) is 0 Å². The first-order valence-corrected chi connectivity index (χ1v) is 11.7. The molecule has 0 radical (unpaired) electrons. The first kappa shape index (κ1) is 30.4. The average molecular weight is 554 g/mol. The second kappa shape index (κ2) is 13.6. The molecule has 0 aromatic heterocycles. The van der Waals surface area contributed by atoms with E-state index in [1.807, 2.05) is 0 Å². The van der Waals surface area contributed by atoms with E-state index in [1.54, 1.807) is 0 Å². The summed E-state index contributed by atoms with van der Waals surface area (Å²) in [6.07, 6.45) is -1.55. The van der Waals surface area contributed by atoms with Crippen LogP contribution in [0.1, 0.15) is 48.9 Å². The van der Waals surface area contributed by atoms with Gasteiger partial charge >= 0.3 is 11.9 Å². The normalized spacial score (nSPS) is 20.8. The summed E-state index contributed by atoms with van der Waals surface area (Å²) in [4.78, 5) is 83.4. The molecule has 8 N–H and O–H groups in total. The van der Waals surface area contributed by atoms with Gasteiger partial charge in [-0.2, -0.15) is 0 Å². The van der Waals surface area contributed by atoms with E-state index in [4.69, 9.17) is 10.8 Å². The molecule has 1 heterocycles. The highest BCUT2D eigenvalue weighted by Crippen LogP contribution is 2.27. The monoisotopic (exact) mass is 554 g/mol. The molecule has 1 aliphatic rings. The van der Waals surface area contributed by atoms with Gasteiger partial charge in [0.2, 0.25) is 17.7 Å². The number of non-ortho nitro benzene ring substituents is 1. The molecule has 2 rings (SSSR count). The molecular formula is C22H27FN6O10. The van der Waals surface area contributed by atoms with Crippen molar-refractivity contribution in [3.63, 3.8) is 0 Å². The van der Waals surface area contributed by atoms with E-state index >= 15 is 0 Å². The lowest BCUT2D eigenvalue weighted by Gasteiger charge is -2.25. The number of nitro groups is 1. The van der Waals surface area contributed by atoms with Crippen LogP contribution in [0.3, 0.4) is 0 Å². The lowest BCUT2D eigenvalue weighted by Crippen LogP contribution is -2.56. The van der Waals surface area contributed by atoms with Crippen LogP contribution >= 0.6 is 0 Å². The largest absolute Gasteiger partial charge is 0.481 e. The number of rotatable bonds is 7. The molecule has 0 bridgehead atoms. The van der Waals surface area contributed by atoms with Crippen molar-refractivity contribution in [2.75, 3.05) is 11.9 Å². The number of carboxylic acid groups (broad SMARTS) is 2. The van der Waals surface area contributed by atoms with Gasteiger partial charge in [0.15, 0.2) is 5.82 Å². The molecule has 0 unspecified atom stereocenters. The molecule has 0 saturated heterocycles. The Labute approximate surface area is 219 Å². The van der Waals surface area contributed by atoms with Gasteiger partial charge in [0.25, 0.3) is 11.6 Å². The Morgan fingerprint density at radius 3 is 2.28 bits per heavy atom. The second-order valence-electron chi connectivity index (χ2n) is 8.61. The lowest BCUT2D eigenvalue weighted by atomic mass is 10.0. The predicted molar refractivity (Wildman–Crippen MR) is 129 cm³/mol. The topological polar surface area (TPSA) is 260 Å². The molecule has 0 aliphatic carbocycles. The van der Waals surface area contributed by atoms with Gasteiger partial charge in [-0.3, -0.25) is 38.9 Å². The molecule has 0 saturated carbocycles. The number of primary amides is 1. The van der Waals surface area contributed by atoms with Crippen molar-refractivity contribution >= 4 is 46.9 Å². The van der Waals surface area contributed by atoms with Gasteiger partial charge in [-0.15, -0.1) is 0 Å². The van der Waals surface area contributed by atoms with E-state index in [1.165, 1.54) is 0 Å². The number of nitrogens with zero attached hydrogens (tertiary/aromatic N) is 1. The van der Waals surface area contributed by atoms with Gasteiger partial charge in [0, 0.05) is 19.0 Å². The summed E-state index contributed by atoms with van der Waals surface area (Å²) < 4.78 is 14.8. The van der Waals surface area contributed by atoms with E-state index in [9.17, 15) is 48.4 Å². The van der Waals surface area contributed by atoms with Gasteiger partial charge in [-0.1, -0.05) is 0 Å². The molecule has 16 nitrogen and oxygen atoms in total. The number of carbonyl (C=O) groups excluding carboxylic acids is 4. The molecule has 0 spiro atoms. The summed E-state index contributed by atoms with van der Waals surface area (Å²) in [5.41, 5.74) is 3.53. The zero-order chi connectivity index (χ0) is 29.3. The molecule has 1 aliphatic heterocycles. The first-order chi connectivity index (χ1) is 18.3. The fourth-order valence-electron chi connectivity index (χ4n) is 3.73. The number of benzene rings is 1. The van der Waals surface area contributed by atoms with E-state index < -0.39 is 101 Å². The molecule has 212 valence electrons. The van der Waals surface area contributed by atoms with Gasteiger partial charge in [-0.25, -0.2) is 4.39 Å². The van der Waals surface area contributed by atoms with E-state index in [0.29, 0.717) is 6.07 Å². The van der Waals surface area contributed by atoms with Crippen LogP contribution < -0.4 is 27.0 Å². The molecule has 17 heteroatoms. The third-order valence-electron chi connectivity index (χ3n) is 5.69. The van der Waals surface area contributed by atoms with Crippen molar-refractivity contribution in [1.29, 1.82) is 0 Å². The number of carboxylic acids is 2. The smallest absolute Gasteiger partial charge is 0.305 e. The van der Waals surface area contributed by atoms with Crippen LogP contribution in [0.5, 0.6) is 0 Å². The average Bonchev–Trinajstić information content (AvgIpc) is 2.84. The minimum absolute atomic E-state index is 0.00865. The van der Waals surface area contributed by atoms with Crippen LogP contribution in [0.4, 0.5) is 15.8 Å². The SMILES string of the molecule is NC(=O)[C@@H]1CCCCNc2c(F)cc([N+](=O)[O-])cc2C(=O)N[C@@H](CC(=O)O)C(=O)N[C@@H](CCC(=O)O)C(=O)N1. The minimum Gasteiger partial charge on any atom is -0.481 e. The number of hydrogen-bond donors (Lipinski definition) is 7. The number of nitrogens with two attached hydrogens (primary N) is 1. The second-order valence-corrected chi connectivity index (χ2v) is 8.61. The Bertz CT molecular complexity index is 1180. The highest BCUT2D eigenvalue weighted by atomic mass is 19.1. The van der Waals surface area contributed by atoms with Crippen molar-refractivity contribution < 1.29 is 48.3 Å². The lowest BCUT2D eigenvalue weighted by molar-refractivity contribution is -0.385. The van der Waals surface area contributed by atoms with Crippen molar-refractivity contribution in [3.8, 4) is 0 Å². The third kappa shape index (κ3) is 8.90. The maximum Gasteiger partial charge on any atom is 0.305 e. The number of amides is 4. The summed E-state index contributed by atoms with van der Waals surface area (Å²) in [5, 5.41) is 38.7. The number of halogens is 1. The van der Waals surface area contributed by atoms with Crippen LogP contribution in [0, 0.1) is 15.9 Å². The Morgan fingerprint density at radius 2 is 1.69 bits per heavy atom. The van der Waals surface area contributed by atoms with Gasteiger partial charge in [-0.05, 0) is 25.7 Å². The molecule has 3 atom stereocenters. The Kier molecular flexibility index (Phi) is 10.6. The van der Waals surface area contributed by atoms with Gasteiger partial charge in [0.1, 0.15) is 18.1 Å². The summed E-state index contributed by atoms with van der Waals surface area (Å²) in [6, 6.07) is -3.33. The van der Waals surface area contributed by atoms with Crippen molar-refractivity contribution in [2.45, 2.75) is 56.7 Å². The zero-order valence-electron chi connectivity index (χ0n) is 20.4. The maximum absolute atomic E-state index is 14.8. The highest BCUT2D eigenvalue weighted by molar-refractivity contribution is 6.03. The summed E-state index contributed by atoms with van der Waals surface area (Å²) in [6.45, 7) is 0.00865. The first-order valence-electron chi connectivity index (χ1n) is 11.7. The minimum atomic E-state index is -1.87. The van der Waals surface area contributed by atoms with Crippen molar-refractivity contribution in [2.24, 2.45) is 5.73 Å². The van der Waals surface area contributed by atoms with Crippen molar-refractivity contribution in [3.05, 3.63) is 33.6 Å². The summed E-state index contributed by atoms with van der Waals surface area (Å²) in [5.74, 6) is -8.38. The molecule has 4 amide bonds. The molecule has 39 heavy (non-hydrogen) atoms. The van der Waals surface area contributed by atoms with Crippen molar-refractivity contribution in [1.82, 2.24) is 16.0 Å². The fourth-order valence-corrected chi connectivity index (χ4v) is 3.73.